The van der Waals surface area contributed by atoms with Crippen molar-refractivity contribution in [1.29, 1.82) is 0 Å². The van der Waals surface area contributed by atoms with E-state index < -0.39 is 5.97 Å². The SMILES string of the molecule is COC(=O)c1oc2ccccc2c1NC(=O)CSc1cccc(Br)c1. The maximum atomic E-state index is 12.3. The molecule has 1 aromatic heterocycles. The maximum Gasteiger partial charge on any atom is 0.376 e. The molecule has 0 radical (unpaired) electrons. The smallest absolute Gasteiger partial charge is 0.376 e. The van der Waals surface area contributed by atoms with E-state index in [0.717, 1.165) is 9.37 Å². The van der Waals surface area contributed by atoms with E-state index in [4.69, 9.17) is 9.15 Å². The van der Waals surface area contributed by atoms with Gasteiger partial charge in [-0.15, -0.1) is 11.8 Å². The molecule has 1 N–H and O–H groups in total. The second-order valence-corrected chi connectivity index (χ2v) is 7.05. The quantitative estimate of drug-likeness (QED) is 0.478. The summed E-state index contributed by atoms with van der Waals surface area (Å²) in [4.78, 5) is 25.2. The van der Waals surface area contributed by atoms with Crippen molar-refractivity contribution in [2.75, 3.05) is 18.2 Å². The highest BCUT2D eigenvalue weighted by Gasteiger charge is 2.22. The summed E-state index contributed by atoms with van der Waals surface area (Å²) in [6.07, 6.45) is 0. The molecule has 1 amide bonds. The van der Waals surface area contributed by atoms with Crippen LogP contribution < -0.4 is 5.32 Å². The maximum absolute atomic E-state index is 12.3. The van der Waals surface area contributed by atoms with Gasteiger partial charge in [-0.25, -0.2) is 4.79 Å². The molecule has 0 spiro atoms. The molecule has 2 aromatic carbocycles. The molecule has 5 nitrogen and oxygen atoms in total. The number of anilines is 1. The molecule has 3 rings (SSSR count). The molecule has 3 aromatic rings. The van der Waals surface area contributed by atoms with Crippen molar-refractivity contribution in [3.8, 4) is 0 Å². The molecular formula is C18H14BrNO4S. The van der Waals surface area contributed by atoms with Gasteiger partial charge in [0.2, 0.25) is 11.7 Å². The summed E-state index contributed by atoms with van der Waals surface area (Å²) in [6, 6.07) is 14.8. The Balaban J connectivity index is 1.79. The van der Waals surface area contributed by atoms with E-state index in [-0.39, 0.29) is 17.4 Å². The molecular weight excluding hydrogens is 406 g/mol. The lowest BCUT2D eigenvalue weighted by molar-refractivity contribution is -0.113. The van der Waals surface area contributed by atoms with Crippen LogP contribution in [-0.4, -0.2) is 24.7 Å². The lowest BCUT2D eigenvalue weighted by atomic mass is 10.2. The molecule has 7 heteroatoms. The van der Waals surface area contributed by atoms with E-state index in [9.17, 15) is 9.59 Å². The van der Waals surface area contributed by atoms with E-state index in [0.29, 0.717) is 16.7 Å². The Labute approximate surface area is 156 Å². The summed E-state index contributed by atoms with van der Waals surface area (Å²) in [5.74, 6) is -0.673. The van der Waals surface area contributed by atoms with E-state index in [1.54, 1.807) is 18.2 Å². The second kappa shape index (κ2) is 7.76. The number of carbonyl (C=O) groups is 2. The van der Waals surface area contributed by atoms with Crippen molar-refractivity contribution >= 4 is 56.2 Å². The number of halogens is 1. The van der Waals surface area contributed by atoms with E-state index in [1.165, 1.54) is 18.9 Å². The monoisotopic (exact) mass is 419 g/mol. The number of hydrogen-bond donors (Lipinski definition) is 1. The standard InChI is InChI=1S/C18H14BrNO4S/c1-23-18(22)17-16(13-7-2-3-8-14(13)24-17)20-15(21)10-25-12-6-4-5-11(19)9-12/h2-9H,10H2,1H3,(H,20,21). The van der Waals surface area contributed by atoms with Crippen LogP contribution in [0.1, 0.15) is 10.6 Å². The number of ether oxygens (including phenoxy) is 1. The van der Waals surface area contributed by atoms with Gasteiger partial charge in [0.25, 0.3) is 0 Å². The molecule has 0 saturated carbocycles. The van der Waals surface area contributed by atoms with Crippen LogP contribution in [-0.2, 0) is 9.53 Å². The zero-order valence-corrected chi connectivity index (χ0v) is 15.6. The summed E-state index contributed by atoms with van der Waals surface area (Å²) in [5.41, 5.74) is 0.847. The number of furan rings is 1. The van der Waals surface area contributed by atoms with Gasteiger partial charge in [0, 0.05) is 14.8 Å². The van der Waals surface area contributed by atoms with Gasteiger partial charge in [-0.3, -0.25) is 4.79 Å². The fourth-order valence-electron chi connectivity index (χ4n) is 2.29. The van der Waals surface area contributed by atoms with Crippen molar-refractivity contribution in [3.63, 3.8) is 0 Å². The van der Waals surface area contributed by atoms with Crippen molar-refractivity contribution < 1.29 is 18.7 Å². The number of carbonyl (C=O) groups excluding carboxylic acids is 2. The van der Waals surface area contributed by atoms with Crippen LogP contribution in [0.4, 0.5) is 5.69 Å². The Morgan fingerprint density at radius 3 is 2.76 bits per heavy atom. The van der Waals surface area contributed by atoms with Crippen LogP contribution in [0.3, 0.4) is 0 Å². The molecule has 0 unspecified atom stereocenters. The van der Waals surface area contributed by atoms with Crippen molar-refractivity contribution in [2.24, 2.45) is 0 Å². The second-order valence-electron chi connectivity index (χ2n) is 5.09. The molecule has 0 aliphatic heterocycles. The number of thioether (sulfide) groups is 1. The van der Waals surface area contributed by atoms with Crippen molar-refractivity contribution in [1.82, 2.24) is 0 Å². The van der Waals surface area contributed by atoms with E-state index in [2.05, 4.69) is 21.2 Å². The summed E-state index contributed by atoms with van der Waals surface area (Å²) in [5, 5.41) is 3.42. The first-order valence-electron chi connectivity index (χ1n) is 7.36. The number of esters is 1. The fraction of sp³-hybridized carbons (Fsp3) is 0.111. The summed E-state index contributed by atoms with van der Waals surface area (Å²) < 4.78 is 11.2. The zero-order valence-electron chi connectivity index (χ0n) is 13.2. The van der Waals surface area contributed by atoms with E-state index >= 15 is 0 Å². The predicted molar refractivity (Wildman–Crippen MR) is 101 cm³/mol. The number of nitrogens with one attached hydrogen (secondary N) is 1. The minimum atomic E-state index is -0.633. The van der Waals surface area contributed by atoms with Gasteiger partial charge in [-0.2, -0.15) is 0 Å². The van der Waals surface area contributed by atoms with Gasteiger partial charge in [0.1, 0.15) is 11.3 Å². The minimum absolute atomic E-state index is 0.00972. The van der Waals surface area contributed by atoms with Gasteiger partial charge in [0.05, 0.1) is 12.9 Å². The van der Waals surface area contributed by atoms with Crippen LogP contribution in [0.5, 0.6) is 0 Å². The fourth-order valence-corrected chi connectivity index (χ4v) is 3.59. The Morgan fingerprint density at radius 2 is 2.00 bits per heavy atom. The number of fused-ring (bicyclic) bond motifs is 1. The third kappa shape index (κ3) is 4.05. The Morgan fingerprint density at radius 1 is 1.20 bits per heavy atom. The van der Waals surface area contributed by atoms with Gasteiger partial charge < -0.3 is 14.5 Å². The van der Waals surface area contributed by atoms with Gasteiger partial charge in [0.15, 0.2) is 0 Å². The third-order valence-corrected chi connectivity index (χ3v) is 4.88. The summed E-state index contributed by atoms with van der Waals surface area (Å²) in [7, 11) is 1.27. The molecule has 0 bridgehead atoms. The first-order chi connectivity index (χ1) is 12.1. The van der Waals surface area contributed by atoms with Crippen molar-refractivity contribution in [3.05, 3.63) is 58.8 Å². The topological polar surface area (TPSA) is 68.5 Å². The van der Waals surface area contributed by atoms with Crippen LogP contribution in [0.25, 0.3) is 11.0 Å². The molecule has 0 saturated heterocycles. The summed E-state index contributed by atoms with van der Waals surface area (Å²) in [6.45, 7) is 0. The molecule has 1 heterocycles. The Kier molecular flexibility index (Phi) is 5.45. The van der Waals surface area contributed by atoms with Gasteiger partial charge in [-0.1, -0.05) is 34.1 Å². The minimum Gasteiger partial charge on any atom is -0.463 e. The Hall–Kier alpha value is -2.25. The largest absolute Gasteiger partial charge is 0.463 e. The molecule has 25 heavy (non-hydrogen) atoms. The van der Waals surface area contributed by atoms with Crippen molar-refractivity contribution in [2.45, 2.75) is 4.90 Å². The number of rotatable bonds is 5. The van der Waals surface area contributed by atoms with Crippen LogP contribution >= 0.6 is 27.7 Å². The highest BCUT2D eigenvalue weighted by molar-refractivity contribution is 9.10. The highest BCUT2D eigenvalue weighted by Crippen LogP contribution is 2.31. The molecule has 0 aliphatic carbocycles. The van der Waals surface area contributed by atoms with Gasteiger partial charge >= 0.3 is 5.97 Å². The van der Waals surface area contributed by atoms with Crippen LogP contribution in [0.15, 0.2) is 62.3 Å². The first-order valence-corrected chi connectivity index (χ1v) is 9.14. The highest BCUT2D eigenvalue weighted by atomic mass is 79.9. The predicted octanol–water partition coefficient (Wildman–Crippen LogP) is 4.71. The van der Waals surface area contributed by atoms with Crippen LogP contribution in [0.2, 0.25) is 0 Å². The Bertz CT molecular complexity index is 938. The van der Waals surface area contributed by atoms with E-state index in [1.807, 2.05) is 30.3 Å². The lowest BCUT2D eigenvalue weighted by Gasteiger charge is -2.06. The number of benzene rings is 2. The van der Waals surface area contributed by atoms with Crippen LogP contribution in [0, 0.1) is 0 Å². The lowest BCUT2D eigenvalue weighted by Crippen LogP contribution is -2.16. The zero-order chi connectivity index (χ0) is 17.8. The normalized spacial score (nSPS) is 10.6. The number of methoxy groups -OCH3 is 1. The third-order valence-electron chi connectivity index (χ3n) is 3.40. The first kappa shape index (κ1) is 17.6. The number of hydrogen-bond acceptors (Lipinski definition) is 5. The average Bonchev–Trinajstić information content (AvgIpc) is 2.98. The van der Waals surface area contributed by atoms with Gasteiger partial charge in [-0.05, 0) is 30.3 Å². The molecule has 0 fully saturated rings. The molecule has 0 aliphatic rings. The molecule has 128 valence electrons. The number of para-hydroxylation sites is 1. The number of amides is 1. The molecule has 0 atom stereocenters. The average molecular weight is 420 g/mol. The summed E-state index contributed by atoms with van der Waals surface area (Å²) >= 11 is 4.80.